The maximum atomic E-state index is 13.9. The summed E-state index contributed by atoms with van der Waals surface area (Å²) in [7, 11) is 1.48. The predicted molar refractivity (Wildman–Crippen MR) is 88.6 cm³/mol. The first-order chi connectivity index (χ1) is 12.0. The molecule has 0 radical (unpaired) electrons. The Morgan fingerprint density at radius 1 is 1.20 bits per heavy atom. The minimum atomic E-state index is -0.917. The van der Waals surface area contributed by atoms with E-state index in [-0.39, 0.29) is 5.82 Å². The Balaban J connectivity index is 2.14. The number of carboxylic acids is 1. The van der Waals surface area contributed by atoms with Gasteiger partial charge >= 0.3 is 5.97 Å². The third-order valence-corrected chi connectivity index (χ3v) is 4.58. The van der Waals surface area contributed by atoms with Crippen molar-refractivity contribution >= 4 is 5.97 Å². The fourth-order valence-corrected chi connectivity index (χ4v) is 3.48. The highest BCUT2D eigenvalue weighted by Gasteiger charge is 2.38. The molecule has 2 atom stereocenters. The van der Waals surface area contributed by atoms with E-state index in [4.69, 9.17) is 4.74 Å². The largest absolute Gasteiger partial charge is 0.496 e. The van der Waals surface area contributed by atoms with Gasteiger partial charge in [-0.1, -0.05) is 12.1 Å². The van der Waals surface area contributed by atoms with E-state index < -0.39 is 23.9 Å². The summed E-state index contributed by atoms with van der Waals surface area (Å²) < 4.78 is 32.6. The van der Waals surface area contributed by atoms with Gasteiger partial charge in [-0.3, -0.25) is 9.69 Å². The summed E-state index contributed by atoms with van der Waals surface area (Å²) in [4.78, 5) is 13.5. The highest BCUT2D eigenvalue weighted by molar-refractivity contribution is 5.74. The van der Waals surface area contributed by atoms with Crippen LogP contribution in [0.4, 0.5) is 8.78 Å². The van der Waals surface area contributed by atoms with Crippen LogP contribution in [0.25, 0.3) is 0 Å². The molecule has 3 rings (SSSR count). The highest BCUT2D eigenvalue weighted by atomic mass is 19.1. The van der Waals surface area contributed by atoms with Gasteiger partial charge in [0.2, 0.25) is 0 Å². The molecule has 1 aliphatic heterocycles. The molecule has 6 heteroatoms. The second-order valence-electron chi connectivity index (χ2n) is 6.07. The average molecular weight is 347 g/mol. The van der Waals surface area contributed by atoms with Crippen LogP contribution >= 0.6 is 0 Å². The van der Waals surface area contributed by atoms with Gasteiger partial charge < -0.3 is 9.84 Å². The van der Waals surface area contributed by atoms with Gasteiger partial charge in [0.05, 0.1) is 13.2 Å². The lowest BCUT2D eigenvalue weighted by atomic mass is 9.95. The van der Waals surface area contributed by atoms with E-state index in [1.54, 1.807) is 12.1 Å². The van der Waals surface area contributed by atoms with E-state index in [0.29, 0.717) is 29.8 Å². The molecule has 25 heavy (non-hydrogen) atoms. The number of carboxylic acid groups (broad SMARTS) is 1. The first kappa shape index (κ1) is 17.4. The smallest absolute Gasteiger partial charge is 0.320 e. The van der Waals surface area contributed by atoms with Gasteiger partial charge in [0.15, 0.2) is 0 Å². The van der Waals surface area contributed by atoms with Crippen LogP contribution in [0.15, 0.2) is 42.5 Å². The Morgan fingerprint density at radius 3 is 2.52 bits per heavy atom. The Hall–Kier alpha value is -2.47. The molecule has 0 spiro atoms. The Morgan fingerprint density at radius 2 is 1.88 bits per heavy atom. The van der Waals surface area contributed by atoms with E-state index in [2.05, 4.69) is 0 Å². The average Bonchev–Trinajstić information content (AvgIpc) is 3.07. The number of methoxy groups -OCH3 is 1. The monoisotopic (exact) mass is 347 g/mol. The van der Waals surface area contributed by atoms with E-state index in [0.717, 1.165) is 6.42 Å². The molecule has 4 nitrogen and oxygen atoms in total. The number of aliphatic carboxylic acids is 1. The fraction of sp³-hybridized carbons (Fsp3) is 0.316. The van der Waals surface area contributed by atoms with Gasteiger partial charge in [-0.2, -0.15) is 0 Å². The van der Waals surface area contributed by atoms with Crippen LogP contribution in [0.3, 0.4) is 0 Å². The minimum absolute atomic E-state index is 0.384. The van der Waals surface area contributed by atoms with Crippen molar-refractivity contribution in [3.05, 3.63) is 65.2 Å². The molecule has 132 valence electrons. The molecule has 0 aliphatic carbocycles. The molecule has 0 amide bonds. The lowest BCUT2D eigenvalue weighted by Gasteiger charge is -2.32. The highest BCUT2D eigenvalue weighted by Crippen LogP contribution is 2.39. The zero-order chi connectivity index (χ0) is 18.0. The molecular formula is C19H19F2NO3. The first-order valence-corrected chi connectivity index (χ1v) is 8.08. The van der Waals surface area contributed by atoms with Crippen molar-refractivity contribution in [2.45, 2.75) is 24.9 Å². The number of nitrogens with zero attached hydrogens (tertiary/aromatic N) is 1. The third-order valence-electron chi connectivity index (χ3n) is 4.58. The molecule has 0 aromatic heterocycles. The summed E-state index contributed by atoms with van der Waals surface area (Å²) in [6.07, 6.45) is 1.25. The summed E-state index contributed by atoms with van der Waals surface area (Å²) in [5.74, 6) is -1.27. The fourth-order valence-electron chi connectivity index (χ4n) is 3.48. The maximum Gasteiger partial charge on any atom is 0.320 e. The number of likely N-dealkylation sites (tertiary alicyclic amines) is 1. The normalized spacial score (nSPS) is 18.9. The summed E-state index contributed by atoms with van der Waals surface area (Å²) in [6.45, 7) is 0.554. The van der Waals surface area contributed by atoms with Crippen molar-refractivity contribution in [2.24, 2.45) is 0 Å². The lowest BCUT2D eigenvalue weighted by Crippen LogP contribution is -2.39. The molecule has 2 unspecified atom stereocenters. The second kappa shape index (κ2) is 7.19. The zero-order valence-corrected chi connectivity index (χ0v) is 13.8. The van der Waals surface area contributed by atoms with Crippen molar-refractivity contribution in [2.75, 3.05) is 13.7 Å². The number of halogens is 2. The van der Waals surface area contributed by atoms with Crippen LogP contribution in [0, 0.1) is 11.6 Å². The standard InChI is InChI=1S/C19H19F2NO3/c1-25-17-9-8-14(21)11-15(17)18(12-4-6-13(20)7-5-12)22-10-2-3-16(22)19(23)24/h4-9,11,16,18H,2-3,10H2,1H3,(H,23,24). The number of hydrogen-bond acceptors (Lipinski definition) is 3. The van der Waals surface area contributed by atoms with Gasteiger partial charge in [0.25, 0.3) is 0 Å². The molecule has 1 fully saturated rings. The van der Waals surface area contributed by atoms with Crippen molar-refractivity contribution in [3.8, 4) is 5.75 Å². The molecule has 0 bridgehead atoms. The molecule has 2 aromatic carbocycles. The molecule has 1 heterocycles. The van der Waals surface area contributed by atoms with Crippen LogP contribution in [0.5, 0.6) is 5.75 Å². The SMILES string of the molecule is COc1ccc(F)cc1C(c1ccc(F)cc1)N1CCCC1C(=O)O. The number of rotatable bonds is 5. The van der Waals surface area contributed by atoms with Gasteiger partial charge in [-0.15, -0.1) is 0 Å². The third kappa shape index (κ3) is 3.49. The van der Waals surface area contributed by atoms with Gasteiger partial charge in [-0.25, -0.2) is 8.78 Å². The van der Waals surface area contributed by atoms with Crippen LogP contribution < -0.4 is 4.74 Å². The first-order valence-electron chi connectivity index (χ1n) is 8.08. The molecule has 2 aromatic rings. The van der Waals surface area contributed by atoms with Crippen molar-refractivity contribution in [1.82, 2.24) is 4.90 Å². The minimum Gasteiger partial charge on any atom is -0.496 e. The number of ether oxygens (including phenoxy) is 1. The van der Waals surface area contributed by atoms with Crippen LogP contribution in [-0.2, 0) is 4.79 Å². The van der Waals surface area contributed by atoms with Crippen molar-refractivity contribution in [3.63, 3.8) is 0 Å². The quantitative estimate of drug-likeness (QED) is 0.898. The number of carbonyl (C=O) groups is 1. The van der Waals surface area contributed by atoms with Gasteiger partial charge in [0.1, 0.15) is 23.4 Å². The van der Waals surface area contributed by atoms with Gasteiger partial charge in [-0.05, 0) is 48.7 Å². The summed E-state index contributed by atoms with van der Waals surface area (Å²) >= 11 is 0. The Kier molecular flexibility index (Phi) is 4.99. The van der Waals surface area contributed by atoms with Crippen LogP contribution in [0.2, 0.25) is 0 Å². The maximum absolute atomic E-state index is 13.9. The predicted octanol–water partition coefficient (Wildman–Crippen LogP) is 3.61. The van der Waals surface area contributed by atoms with E-state index in [9.17, 15) is 18.7 Å². The van der Waals surface area contributed by atoms with E-state index >= 15 is 0 Å². The topological polar surface area (TPSA) is 49.8 Å². The van der Waals surface area contributed by atoms with Gasteiger partial charge in [0, 0.05) is 12.1 Å². The van der Waals surface area contributed by atoms with E-state index in [1.165, 1.54) is 37.4 Å². The number of benzene rings is 2. The number of hydrogen-bond donors (Lipinski definition) is 1. The summed E-state index contributed by atoms with van der Waals surface area (Å²) in [5.41, 5.74) is 1.22. The second-order valence-corrected chi connectivity index (χ2v) is 6.07. The van der Waals surface area contributed by atoms with E-state index in [1.807, 2.05) is 4.90 Å². The van der Waals surface area contributed by atoms with Crippen LogP contribution in [-0.4, -0.2) is 35.7 Å². The van der Waals surface area contributed by atoms with Crippen molar-refractivity contribution < 1.29 is 23.4 Å². The van der Waals surface area contributed by atoms with Crippen molar-refractivity contribution in [1.29, 1.82) is 0 Å². The molecular weight excluding hydrogens is 328 g/mol. The molecule has 1 saturated heterocycles. The molecule has 1 N–H and O–H groups in total. The lowest BCUT2D eigenvalue weighted by molar-refractivity contribution is -0.142. The Bertz CT molecular complexity index is 764. The molecule has 1 aliphatic rings. The summed E-state index contributed by atoms with van der Waals surface area (Å²) in [6, 6.07) is 8.79. The summed E-state index contributed by atoms with van der Waals surface area (Å²) in [5, 5.41) is 9.54. The Labute approximate surface area is 144 Å². The van der Waals surface area contributed by atoms with Crippen LogP contribution in [0.1, 0.15) is 30.0 Å². The zero-order valence-electron chi connectivity index (χ0n) is 13.8. The molecule has 0 saturated carbocycles.